The van der Waals surface area contributed by atoms with E-state index in [0.29, 0.717) is 0 Å². The Labute approximate surface area is 190 Å². The Hall–Kier alpha value is 0.627. The summed E-state index contributed by atoms with van der Waals surface area (Å²) in [6.45, 7) is 21.6. The normalized spacial score (nSPS) is 18.7. The van der Waals surface area contributed by atoms with Gasteiger partial charge in [-0.25, -0.2) is 0 Å². The molecule has 0 radical (unpaired) electrons. The molecule has 4 heteroatoms. The van der Waals surface area contributed by atoms with Gasteiger partial charge in [-0.15, -0.1) is 24.8 Å². The summed E-state index contributed by atoms with van der Waals surface area (Å²) >= 11 is -3.34. The van der Waals surface area contributed by atoms with Gasteiger partial charge in [0.25, 0.3) is 0 Å². The third-order valence-electron chi connectivity index (χ3n) is 6.61. The minimum absolute atomic E-state index is 0. The van der Waals surface area contributed by atoms with Crippen molar-refractivity contribution in [1.29, 1.82) is 0 Å². The van der Waals surface area contributed by atoms with Crippen molar-refractivity contribution in [1.82, 2.24) is 0 Å². The maximum Gasteiger partial charge on any atom is -0.147 e. The van der Waals surface area contributed by atoms with Crippen LogP contribution in [0.15, 0.2) is 41.1 Å². The van der Waals surface area contributed by atoms with E-state index < -0.39 is 17.1 Å². The molecule has 162 valence electrons. The maximum absolute atomic E-state index is 3.34. The molecular weight excluding hydrogens is 566 g/mol. The Morgan fingerprint density at radius 1 is 0.750 bits per heavy atom. The molecule has 0 aromatic heterocycles. The summed E-state index contributed by atoms with van der Waals surface area (Å²) in [4.78, 5) is 0. The van der Waals surface area contributed by atoms with Crippen LogP contribution >= 0.6 is 24.8 Å². The zero-order valence-electron chi connectivity index (χ0n) is 20.0. The van der Waals surface area contributed by atoms with Gasteiger partial charge in [0, 0.05) is 0 Å². The third-order valence-corrected chi connectivity index (χ3v) is 30.7. The van der Waals surface area contributed by atoms with E-state index in [1.54, 1.807) is 22.3 Å². The second kappa shape index (κ2) is 9.01. The average molecular weight is 610 g/mol. The molecule has 0 aromatic carbocycles. The standard InChI is InChI=1S/2C11H17.2CH3.2ClH.Hf.H2Si/c2*1-5-9-6-7-10(8-9)11(2,3)4;;;;;;/h2*8H,5-6H2,1-4H3;2*1H3;2*1H;;1H2. The van der Waals surface area contributed by atoms with Crippen LogP contribution in [0.3, 0.4) is 0 Å². The summed E-state index contributed by atoms with van der Waals surface area (Å²) in [6, 6.07) is 0. The van der Waals surface area contributed by atoms with Crippen LogP contribution in [-0.2, 0) is 17.1 Å². The van der Waals surface area contributed by atoms with E-state index in [9.17, 15) is 0 Å². The molecule has 2 rings (SSSR count). The Balaban J connectivity index is 0.00000364. The SMILES string of the molecule is CCC1=CC(C(C)(C)C)=[C]([Hf]([CH3])([CH3])(=[SiH2])[C]2=C(C(C)(C)C)C=C(CC)C2)C1.Cl.Cl. The minimum Gasteiger partial charge on any atom is -0.147 e. The third kappa shape index (κ3) is 5.45. The predicted molar refractivity (Wildman–Crippen MR) is 134 cm³/mol. The van der Waals surface area contributed by atoms with E-state index >= 15 is 0 Å². The van der Waals surface area contributed by atoms with Gasteiger partial charge in [-0.3, -0.25) is 0 Å². The van der Waals surface area contributed by atoms with Crippen LogP contribution in [-0.4, -0.2) is 6.94 Å². The fourth-order valence-corrected chi connectivity index (χ4v) is 26.3. The molecule has 0 nitrogen and oxygen atoms in total. The largest absolute Gasteiger partial charge is 0.147 e. The van der Waals surface area contributed by atoms with E-state index in [4.69, 9.17) is 0 Å². The number of halogens is 2. The molecule has 0 aromatic rings. The van der Waals surface area contributed by atoms with Crippen molar-refractivity contribution in [2.24, 2.45) is 10.8 Å². The first-order chi connectivity index (χ1) is 11.6. The fourth-order valence-electron chi connectivity index (χ4n) is 4.73. The van der Waals surface area contributed by atoms with E-state index in [1.165, 1.54) is 25.7 Å². The smallest absolute Gasteiger partial charge is 0.147 e. The molecule has 0 N–H and O–H groups in total. The molecule has 0 heterocycles. The Bertz CT molecular complexity index is 741. The molecule has 28 heavy (non-hydrogen) atoms. The second-order valence-corrected chi connectivity index (χ2v) is 52.6. The second-order valence-electron chi connectivity index (χ2n) is 11.6. The fraction of sp³-hybridized carbons (Fsp3) is 0.667. The number of allylic oxidation sites excluding steroid dienone is 8. The Morgan fingerprint density at radius 3 is 1.25 bits per heavy atom. The molecule has 2 aliphatic carbocycles. The molecule has 0 fully saturated rings. The van der Waals surface area contributed by atoms with Crippen molar-refractivity contribution in [2.45, 2.75) is 90.4 Å². The number of hydrogen-bond acceptors (Lipinski definition) is 0. The van der Waals surface area contributed by atoms with Crippen LogP contribution < -0.4 is 0 Å². The summed E-state index contributed by atoms with van der Waals surface area (Å²) in [7, 11) is 0. The summed E-state index contributed by atoms with van der Waals surface area (Å²) in [6.07, 6.45) is 10.0. The van der Waals surface area contributed by atoms with Crippen molar-refractivity contribution in [3.05, 3.63) is 41.1 Å². The molecular formula is C24H44Cl2HfSi. The number of rotatable bonds is 4. The first-order valence-corrected chi connectivity index (χ1v) is 29.7. The first kappa shape index (κ1) is 28.6. The molecule has 0 amide bonds. The number of hydrogen-bond donors (Lipinski definition) is 0. The van der Waals surface area contributed by atoms with Crippen LogP contribution in [0.2, 0.25) is 9.36 Å². The summed E-state index contributed by atoms with van der Waals surface area (Å²) in [5.74, 6) is 0. The van der Waals surface area contributed by atoms with Gasteiger partial charge in [0.15, 0.2) is 0 Å². The maximum atomic E-state index is 2.73. The molecule has 0 bridgehead atoms. The van der Waals surface area contributed by atoms with Crippen LogP contribution in [0.25, 0.3) is 0 Å². The van der Waals surface area contributed by atoms with Gasteiger partial charge in [-0.05, 0) is 0 Å². The summed E-state index contributed by atoms with van der Waals surface area (Å²) < 4.78 is 9.23. The van der Waals surface area contributed by atoms with Crippen molar-refractivity contribution in [3.8, 4) is 0 Å². The van der Waals surface area contributed by atoms with Gasteiger partial charge in [-0.1, -0.05) is 0 Å². The average Bonchev–Trinajstić information content (AvgIpc) is 3.11. The molecule has 2 aliphatic rings. The van der Waals surface area contributed by atoms with Crippen molar-refractivity contribution < 1.29 is 17.1 Å². The monoisotopic (exact) mass is 610 g/mol. The minimum atomic E-state index is -3.34. The van der Waals surface area contributed by atoms with Crippen molar-refractivity contribution in [2.75, 3.05) is 0 Å². The first-order valence-electron chi connectivity index (χ1n) is 10.5. The van der Waals surface area contributed by atoms with Crippen LogP contribution in [0.4, 0.5) is 0 Å². The Morgan fingerprint density at radius 2 is 1.04 bits per heavy atom. The molecule has 0 spiro atoms. The molecule has 0 unspecified atom stereocenters. The van der Waals surface area contributed by atoms with Gasteiger partial charge in [0.2, 0.25) is 0 Å². The van der Waals surface area contributed by atoms with Crippen LogP contribution in [0.1, 0.15) is 81.1 Å². The molecule has 0 atom stereocenters. The zero-order chi connectivity index (χ0) is 20.2. The van der Waals surface area contributed by atoms with Crippen molar-refractivity contribution >= 4 is 31.8 Å². The summed E-state index contributed by atoms with van der Waals surface area (Å²) in [5.41, 5.74) is 7.16. The van der Waals surface area contributed by atoms with Crippen molar-refractivity contribution in [3.63, 3.8) is 0 Å². The molecule has 0 saturated heterocycles. The van der Waals surface area contributed by atoms with Gasteiger partial charge in [0.1, 0.15) is 0 Å². The summed E-state index contributed by atoms with van der Waals surface area (Å²) in [5, 5.41) is 0. The van der Waals surface area contributed by atoms with Crippen LogP contribution in [0.5, 0.6) is 0 Å². The zero-order valence-corrected chi connectivity index (χ0v) is 26.6. The Kier molecular flexibility index (Phi) is 9.21. The van der Waals surface area contributed by atoms with Crippen LogP contribution in [0, 0.1) is 10.8 Å². The van der Waals surface area contributed by atoms with E-state index in [0.717, 1.165) is 0 Å². The topological polar surface area (TPSA) is 0 Å². The van der Waals surface area contributed by atoms with E-state index in [-0.39, 0.29) is 35.6 Å². The van der Waals surface area contributed by atoms with E-state index in [2.05, 4.69) is 83.8 Å². The molecule has 0 saturated carbocycles. The predicted octanol–water partition coefficient (Wildman–Crippen LogP) is 8.24. The van der Waals surface area contributed by atoms with Gasteiger partial charge in [0.05, 0.1) is 0 Å². The van der Waals surface area contributed by atoms with Gasteiger partial charge in [-0.2, -0.15) is 0 Å². The van der Waals surface area contributed by atoms with Gasteiger partial charge < -0.3 is 0 Å². The molecule has 0 aliphatic heterocycles. The quantitative estimate of drug-likeness (QED) is 0.282. The van der Waals surface area contributed by atoms with E-state index in [1.807, 2.05) is 6.66 Å². The van der Waals surface area contributed by atoms with Gasteiger partial charge >= 0.3 is 166 Å².